The van der Waals surface area contributed by atoms with Gasteiger partial charge in [-0.25, -0.2) is 9.59 Å². The smallest absolute Gasteiger partial charge is 0.335 e. The van der Waals surface area contributed by atoms with Crippen LogP contribution in [0.15, 0.2) is 42.5 Å². The Bertz CT molecular complexity index is 934. The molecular weight excluding hydrogens is 356 g/mol. The summed E-state index contributed by atoms with van der Waals surface area (Å²) in [7, 11) is 0. The van der Waals surface area contributed by atoms with Gasteiger partial charge in [0.1, 0.15) is 5.54 Å². The van der Waals surface area contributed by atoms with Crippen molar-refractivity contribution < 1.29 is 19.8 Å². The summed E-state index contributed by atoms with van der Waals surface area (Å²) in [6.45, 7) is 8.33. The summed E-state index contributed by atoms with van der Waals surface area (Å²) in [6, 6.07) is 12.9. The summed E-state index contributed by atoms with van der Waals surface area (Å²) < 4.78 is 0. The summed E-state index contributed by atoms with van der Waals surface area (Å²) in [5.41, 5.74) is 2.80. The molecule has 6 nitrogen and oxygen atoms in total. The molecular formula is C22H26N2O4. The highest BCUT2D eigenvalue weighted by Crippen LogP contribution is 2.41. The van der Waals surface area contributed by atoms with E-state index in [9.17, 15) is 19.8 Å². The molecule has 0 saturated heterocycles. The highest BCUT2D eigenvalue weighted by molar-refractivity contribution is 5.89. The van der Waals surface area contributed by atoms with Crippen molar-refractivity contribution >= 4 is 29.0 Å². The minimum atomic E-state index is -1.09. The lowest BCUT2D eigenvalue weighted by molar-refractivity contribution is -0.141. The molecule has 0 aliphatic carbocycles. The average molecular weight is 382 g/mol. The molecule has 0 saturated carbocycles. The number of hydrogen-bond donors (Lipinski definition) is 3. The maximum absolute atomic E-state index is 11.4. The molecule has 0 amide bonds. The summed E-state index contributed by atoms with van der Waals surface area (Å²) in [4.78, 5) is 25.0. The van der Waals surface area contributed by atoms with Gasteiger partial charge in [-0.1, -0.05) is 19.9 Å². The van der Waals surface area contributed by atoms with Crippen LogP contribution in [-0.2, 0) is 11.2 Å². The number of carbonyl (C=O) groups is 2. The number of rotatable bonds is 5. The molecule has 0 spiro atoms. The zero-order chi connectivity index (χ0) is 20.7. The normalized spacial score (nSPS) is 15.6. The van der Waals surface area contributed by atoms with Crippen molar-refractivity contribution in [2.75, 3.05) is 16.8 Å². The minimum absolute atomic E-state index is 0.0338. The van der Waals surface area contributed by atoms with Crippen LogP contribution in [0.5, 0.6) is 0 Å². The van der Waals surface area contributed by atoms with Gasteiger partial charge in [0, 0.05) is 23.6 Å². The quantitative estimate of drug-likeness (QED) is 0.711. The van der Waals surface area contributed by atoms with Crippen LogP contribution >= 0.6 is 0 Å². The number of hydrogen-bond acceptors (Lipinski definition) is 4. The van der Waals surface area contributed by atoms with Gasteiger partial charge in [0.05, 0.1) is 5.56 Å². The fourth-order valence-electron chi connectivity index (χ4n) is 3.60. The van der Waals surface area contributed by atoms with Crippen molar-refractivity contribution in [1.82, 2.24) is 0 Å². The van der Waals surface area contributed by atoms with Crippen LogP contribution in [0.25, 0.3) is 0 Å². The third kappa shape index (κ3) is 3.96. The van der Waals surface area contributed by atoms with Gasteiger partial charge in [-0.2, -0.15) is 0 Å². The average Bonchev–Trinajstić information content (AvgIpc) is 2.59. The number of nitrogens with zero attached hydrogens (tertiary/aromatic N) is 1. The predicted octanol–water partition coefficient (Wildman–Crippen LogP) is 4.38. The van der Waals surface area contributed by atoms with E-state index in [4.69, 9.17) is 0 Å². The van der Waals surface area contributed by atoms with Gasteiger partial charge < -0.3 is 20.4 Å². The van der Waals surface area contributed by atoms with E-state index in [1.165, 1.54) is 0 Å². The molecule has 0 radical (unpaired) electrons. The first-order valence-corrected chi connectivity index (χ1v) is 9.24. The molecule has 3 rings (SSSR count). The molecule has 6 heteroatoms. The SMILES string of the molecule is CC1(C)Cc2cc(C(=O)O)ccc2N(c2cccc(NC(C)(C)C(=O)O)c2)C1. The highest BCUT2D eigenvalue weighted by atomic mass is 16.4. The number of aromatic carboxylic acids is 1. The fraction of sp³-hybridized carbons (Fsp3) is 0.364. The third-order valence-corrected chi connectivity index (χ3v) is 5.02. The van der Waals surface area contributed by atoms with E-state index in [-0.39, 0.29) is 11.0 Å². The van der Waals surface area contributed by atoms with Gasteiger partial charge in [-0.05, 0) is 67.6 Å². The van der Waals surface area contributed by atoms with Gasteiger partial charge >= 0.3 is 11.9 Å². The van der Waals surface area contributed by atoms with Crippen LogP contribution in [-0.4, -0.2) is 34.2 Å². The van der Waals surface area contributed by atoms with Crippen molar-refractivity contribution in [3.05, 3.63) is 53.6 Å². The molecule has 0 atom stereocenters. The largest absolute Gasteiger partial charge is 0.480 e. The van der Waals surface area contributed by atoms with Gasteiger partial charge in [0.2, 0.25) is 0 Å². The van der Waals surface area contributed by atoms with Crippen molar-refractivity contribution in [1.29, 1.82) is 0 Å². The number of carboxylic acids is 2. The van der Waals surface area contributed by atoms with Crippen molar-refractivity contribution in [3.8, 4) is 0 Å². The lowest BCUT2D eigenvalue weighted by Gasteiger charge is -2.41. The first kappa shape index (κ1) is 19.7. The second-order valence-electron chi connectivity index (χ2n) is 8.68. The van der Waals surface area contributed by atoms with Gasteiger partial charge in [0.25, 0.3) is 0 Å². The van der Waals surface area contributed by atoms with Crippen LogP contribution < -0.4 is 10.2 Å². The Morgan fingerprint density at radius 1 is 1.11 bits per heavy atom. The van der Waals surface area contributed by atoms with Crippen LogP contribution in [0.3, 0.4) is 0 Å². The van der Waals surface area contributed by atoms with Crippen LogP contribution in [0, 0.1) is 5.41 Å². The van der Waals surface area contributed by atoms with E-state index in [2.05, 4.69) is 24.1 Å². The first-order chi connectivity index (χ1) is 13.0. The zero-order valence-electron chi connectivity index (χ0n) is 16.6. The predicted molar refractivity (Wildman–Crippen MR) is 110 cm³/mol. The number of nitrogens with one attached hydrogen (secondary N) is 1. The van der Waals surface area contributed by atoms with E-state index in [1.807, 2.05) is 30.3 Å². The molecule has 28 heavy (non-hydrogen) atoms. The molecule has 1 aliphatic rings. The van der Waals surface area contributed by atoms with Gasteiger partial charge in [0.15, 0.2) is 0 Å². The molecule has 148 valence electrons. The van der Waals surface area contributed by atoms with Gasteiger partial charge in [-0.3, -0.25) is 0 Å². The molecule has 2 aromatic rings. The fourth-order valence-corrected chi connectivity index (χ4v) is 3.60. The van der Waals surface area contributed by atoms with E-state index in [0.29, 0.717) is 0 Å². The molecule has 3 N–H and O–H groups in total. The maximum atomic E-state index is 11.4. The minimum Gasteiger partial charge on any atom is -0.480 e. The number of aliphatic carboxylic acids is 1. The highest BCUT2D eigenvalue weighted by Gasteiger charge is 2.32. The first-order valence-electron chi connectivity index (χ1n) is 9.24. The third-order valence-electron chi connectivity index (χ3n) is 5.02. The Morgan fingerprint density at radius 2 is 1.82 bits per heavy atom. The van der Waals surface area contributed by atoms with Crippen molar-refractivity contribution in [3.63, 3.8) is 0 Å². The summed E-state index contributed by atoms with van der Waals surface area (Å²) in [5.74, 6) is -1.86. The number of carboxylic acid groups (broad SMARTS) is 2. The molecule has 1 aliphatic heterocycles. The number of fused-ring (bicyclic) bond motifs is 1. The second-order valence-corrected chi connectivity index (χ2v) is 8.68. The van der Waals surface area contributed by atoms with E-state index in [0.717, 1.165) is 35.6 Å². The molecule has 0 bridgehead atoms. The zero-order valence-corrected chi connectivity index (χ0v) is 16.6. The number of benzene rings is 2. The Kier molecular flexibility index (Phi) is 4.83. The molecule has 0 fully saturated rings. The van der Waals surface area contributed by atoms with Gasteiger partial charge in [-0.15, -0.1) is 0 Å². The Hall–Kier alpha value is -3.02. The maximum Gasteiger partial charge on any atom is 0.335 e. The molecule has 1 heterocycles. The van der Waals surface area contributed by atoms with Crippen molar-refractivity contribution in [2.24, 2.45) is 5.41 Å². The Labute approximate surface area is 164 Å². The lowest BCUT2D eigenvalue weighted by Crippen LogP contribution is -2.40. The van der Waals surface area contributed by atoms with E-state index in [1.54, 1.807) is 26.0 Å². The second kappa shape index (κ2) is 6.86. The molecule has 0 unspecified atom stereocenters. The summed E-state index contributed by atoms with van der Waals surface area (Å²) >= 11 is 0. The standard InChI is InChI=1S/C22H26N2O4/c1-21(2)12-15-10-14(19(25)26)8-9-18(15)24(13-21)17-7-5-6-16(11-17)23-22(3,4)20(27)28/h5-11,23H,12-13H2,1-4H3,(H,25,26)(H,27,28). The van der Waals surface area contributed by atoms with E-state index >= 15 is 0 Å². The molecule has 0 aromatic heterocycles. The summed E-state index contributed by atoms with van der Waals surface area (Å²) in [6.07, 6.45) is 0.796. The monoisotopic (exact) mass is 382 g/mol. The van der Waals surface area contributed by atoms with Crippen molar-refractivity contribution in [2.45, 2.75) is 39.7 Å². The van der Waals surface area contributed by atoms with Crippen LogP contribution in [0.2, 0.25) is 0 Å². The summed E-state index contributed by atoms with van der Waals surface area (Å²) in [5, 5.41) is 21.8. The van der Waals surface area contributed by atoms with Crippen LogP contribution in [0.1, 0.15) is 43.6 Å². The molecule has 2 aromatic carbocycles. The van der Waals surface area contributed by atoms with E-state index < -0.39 is 17.5 Å². The number of anilines is 3. The Balaban J connectivity index is 2.01. The lowest BCUT2D eigenvalue weighted by atomic mass is 9.80. The van der Waals surface area contributed by atoms with Crippen LogP contribution in [0.4, 0.5) is 17.1 Å². The topological polar surface area (TPSA) is 89.9 Å². The Morgan fingerprint density at radius 3 is 2.46 bits per heavy atom.